The van der Waals surface area contributed by atoms with Gasteiger partial charge in [0.1, 0.15) is 0 Å². The second-order valence-electron chi connectivity index (χ2n) is 7.35. The number of ether oxygens (including phenoxy) is 1. The fourth-order valence-corrected chi connectivity index (χ4v) is 4.32. The van der Waals surface area contributed by atoms with Gasteiger partial charge in [-0.3, -0.25) is 4.68 Å². The summed E-state index contributed by atoms with van der Waals surface area (Å²) >= 11 is 0. The van der Waals surface area contributed by atoms with E-state index in [0.717, 1.165) is 37.7 Å². The molecule has 1 saturated heterocycles. The molecule has 2 heterocycles. The Bertz CT molecular complexity index is 494. The van der Waals surface area contributed by atoms with E-state index < -0.39 is 0 Å². The number of hydrogen-bond donors (Lipinski definition) is 1. The van der Waals surface area contributed by atoms with Gasteiger partial charge in [-0.15, -0.1) is 0 Å². The Labute approximate surface area is 128 Å². The third-order valence-corrected chi connectivity index (χ3v) is 5.35. The Morgan fingerprint density at radius 2 is 2.24 bits per heavy atom. The first-order valence-corrected chi connectivity index (χ1v) is 8.36. The molecule has 3 rings (SSSR count). The van der Waals surface area contributed by atoms with Crippen LogP contribution in [0.5, 0.6) is 0 Å². The molecule has 0 bridgehead atoms. The summed E-state index contributed by atoms with van der Waals surface area (Å²) in [6, 6.07) is 2.76. The fraction of sp³-hybridized carbons (Fsp3) is 0.824. The van der Waals surface area contributed by atoms with Crippen molar-refractivity contribution in [3.05, 3.63) is 17.5 Å². The summed E-state index contributed by atoms with van der Waals surface area (Å²) in [5.74, 6) is 0.724. The topological polar surface area (TPSA) is 39.1 Å². The van der Waals surface area contributed by atoms with Crippen LogP contribution in [-0.2, 0) is 11.3 Å². The van der Waals surface area contributed by atoms with Crippen molar-refractivity contribution in [2.24, 2.45) is 11.3 Å². The van der Waals surface area contributed by atoms with Crippen molar-refractivity contribution in [1.29, 1.82) is 0 Å². The summed E-state index contributed by atoms with van der Waals surface area (Å²) < 4.78 is 8.08. The first-order valence-electron chi connectivity index (χ1n) is 8.36. The Morgan fingerprint density at radius 1 is 1.43 bits per heavy atom. The van der Waals surface area contributed by atoms with Gasteiger partial charge in [-0.05, 0) is 45.7 Å². The third kappa shape index (κ3) is 2.76. The molecule has 1 saturated carbocycles. The average Bonchev–Trinajstić information content (AvgIpc) is 2.76. The van der Waals surface area contributed by atoms with Gasteiger partial charge in [-0.2, -0.15) is 5.10 Å². The number of aromatic nitrogens is 2. The van der Waals surface area contributed by atoms with Crippen molar-refractivity contribution in [3.8, 4) is 0 Å². The molecular formula is C17H29N3O. The summed E-state index contributed by atoms with van der Waals surface area (Å²) in [4.78, 5) is 0. The van der Waals surface area contributed by atoms with Crippen molar-refractivity contribution >= 4 is 0 Å². The Balaban J connectivity index is 1.46. The van der Waals surface area contributed by atoms with Crippen LogP contribution in [-0.4, -0.2) is 35.1 Å². The molecule has 2 aliphatic rings. The largest absolute Gasteiger partial charge is 0.377 e. The molecular weight excluding hydrogens is 262 g/mol. The van der Waals surface area contributed by atoms with E-state index in [0.29, 0.717) is 12.1 Å². The maximum Gasteiger partial charge on any atom is 0.0684 e. The molecule has 3 atom stereocenters. The van der Waals surface area contributed by atoms with E-state index in [9.17, 15) is 0 Å². The molecule has 21 heavy (non-hydrogen) atoms. The SMILES string of the molecule is Cc1cc(C)n(CCCNC2C3CCCOC3C2(C)C)n1. The molecule has 1 N–H and O–H groups in total. The summed E-state index contributed by atoms with van der Waals surface area (Å²) in [5.41, 5.74) is 2.66. The smallest absolute Gasteiger partial charge is 0.0684 e. The first-order chi connectivity index (χ1) is 10.00. The van der Waals surface area contributed by atoms with Gasteiger partial charge in [-0.1, -0.05) is 13.8 Å². The number of nitrogens with one attached hydrogen (secondary N) is 1. The van der Waals surface area contributed by atoms with Gasteiger partial charge in [0, 0.05) is 36.2 Å². The van der Waals surface area contributed by atoms with Crippen LogP contribution >= 0.6 is 0 Å². The van der Waals surface area contributed by atoms with Crippen molar-refractivity contribution in [2.45, 2.75) is 65.6 Å². The van der Waals surface area contributed by atoms with Crippen LogP contribution in [0.2, 0.25) is 0 Å². The summed E-state index contributed by atoms with van der Waals surface area (Å²) in [7, 11) is 0. The van der Waals surface area contributed by atoms with Crippen LogP contribution in [0, 0.1) is 25.2 Å². The van der Waals surface area contributed by atoms with Crippen LogP contribution in [0.1, 0.15) is 44.5 Å². The van der Waals surface area contributed by atoms with Gasteiger partial charge >= 0.3 is 0 Å². The molecule has 1 aliphatic carbocycles. The van der Waals surface area contributed by atoms with Gasteiger partial charge in [0.15, 0.2) is 0 Å². The van der Waals surface area contributed by atoms with Crippen LogP contribution in [0.4, 0.5) is 0 Å². The van der Waals surface area contributed by atoms with Gasteiger partial charge in [0.05, 0.1) is 11.8 Å². The predicted octanol–water partition coefficient (Wildman–Crippen LogP) is 2.68. The monoisotopic (exact) mass is 291 g/mol. The Morgan fingerprint density at radius 3 is 2.95 bits per heavy atom. The summed E-state index contributed by atoms with van der Waals surface area (Å²) in [6.45, 7) is 11.9. The quantitative estimate of drug-likeness (QED) is 0.848. The number of nitrogens with zero attached hydrogens (tertiary/aromatic N) is 2. The van der Waals surface area contributed by atoms with E-state index in [-0.39, 0.29) is 5.41 Å². The molecule has 118 valence electrons. The fourth-order valence-electron chi connectivity index (χ4n) is 4.32. The van der Waals surface area contributed by atoms with Gasteiger partial charge < -0.3 is 10.1 Å². The number of hydrogen-bond acceptors (Lipinski definition) is 3. The lowest BCUT2D eigenvalue weighted by Gasteiger charge is -2.60. The van der Waals surface area contributed by atoms with Gasteiger partial charge in [0.25, 0.3) is 0 Å². The van der Waals surface area contributed by atoms with Crippen molar-refractivity contribution < 1.29 is 4.74 Å². The van der Waals surface area contributed by atoms with Crippen molar-refractivity contribution in [3.63, 3.8) is 0 Å². The lowest BCUT2D eigenvalue weighted by atomic mass is 9.55. The Kier molecular flexibility index (Phi) is 4.10. The zero-order valence-corrected chi connectivity index (χ0v) is 13.9. The number of fused-ring (bicyclic) bond motifs is 1. The summed E-state index contributed by atoms with van der Waals surface area (Å²) in [5, 5.41) is 8.31. The molecule has 3 unspecified atom stereocenters. The third-order valence-electron chi connectivity index (χ3n) is 5.35. The molecule has 0 radical (unpaired) electrons. The van der Waals surface area contributed by atoms with Crippen LogP contribution in [0.3, 0.4) is 0 Å². The molecule has 0 spiro atoms. The van der Waals surface area contributed by atoms with Gasteiger partial charge in [-0.25, -0.2) is 0 Å². The second-order valence-corrected chi connectivity index (χ2v) is 7.35. The second kappa shape index (κ2) is 5.73. The van der Waals surface area contributed by atoms with Crippen molar-refractivity contribution in [1.82, 2.24) is 15.1 Å². The maximum absolute atomic E-state index is 5.96. The average molecular weight is 291 g/mol. The highest BCUT2D eigenvalue weighted by Crippen LogP contribution is 2.51. The van der Waals surface area contributed by atoms with E-state index in [4.69, 9.17) is 4.74 Å². The minimum atomic E-state index is 0.281. The highest BCUT2D eigenvalue weighted by Gasteiger charge is 2.57. The van der Waals surface area contributed by atoms with E-state index in [1.54, 1.807) is 0 Å². The highest BCUT2D eigenvalue weighted by molar-refractivity contribution is 5.10. The Hall–Kier alpha value is -0.870. The van der Waals surface area contributed by atoms with E-state index >= 15 is 0 Å². The number of rotatable bonds is 5. The molecule has 2 fully saturated rings. The van der Waals surface area contributed by atoms with Gasteiger partial charge in [0.2, 0.25) is 0 Å². The van der Waals surface area contributed by atoms with E-state index in [1.165, 1.54) is 18.5 Å². The summed E-state index contributed by atoms with van der Waals surface area (Å²) in [6.07, 6.45) is 4.15. The standard InChI is InChI=1S/C17H29N3O/c1-12-11-13(2)20(19-12)9-6-8-18-15-14-7-5-10-21-16(14)17(15,3)4/h11,14-16,18H,5-10H2,1-4H3. The first kappa shape index (κ1) is 15.0. The van der Waals surface area contributed by atoms with E-state index in [1.807, 2.05) is 0 Å². The molecule has 1 aliphatic heterocycles. The normalized spacial score (nSPS) is 30.8. The molecule has 0 amide bonds. The maximum atomic E-state index is 5.96. The zero-order chi connectivity index (χ0) is 15.0. The molecule has 4 heteroatoms. The highest BCUT2D eigenvalue weighted by atomic mass is 16.5. The molecule has 4 nitrogen and oxygen atoms in total. The minimum absolute atomic E-state index is 0.281. The molecule has 1 aromatic rings. The molecule has 0 aromatic carbocycles. The molecule has 1 aromatic heterocycles. The van der Waals surface area contributed by atoms with E-state index in [2.05, 4.69) is 48.9 Å². The van der Waals surface area contributed by atoms with Crippen LogP contribution in [0.15, 0.2) is 6.07 Å². The zero-order valence-electron chi connectivity index (χ0n) is 13.9. The predicted molar refractivity (Wildman–Crippen MR) is 84.4 cm³/mol. The lowest BCUT2D eigenvalue weighted by molar-refractivity contribution is -0.192. The van der Waals surface area contributed by atoms with Crippen molar-refractivity contribution in [2.75, 3.05) is 13.2 Å². The minimum Gasteiger partial charge on any atom is -0.377 e. The van der Waals surface area contributed by atoms with Crippen LogP contribution in [0.25, 0.3) is 0 Å². The lowest BCUT2D eigenvalue weighted by Crippen LogP contribution is -2.69. The number of aryl methyl sites for hydroxylation is 3. The van der Waals surface area contributed by atoms with Crippen LogP contribution < -0.4 is 5.32 Å².